The summed E-state index contributed by atoms with van der Waals surface area (Å²) in [5, 5.41) is 0. The first-order valence-electron chi connectivity index (χ1n) is 43.0. The second-order valence-electron chi connectivity index (χ2n) is 31.6. The van der Waals surface area contributed by atoms with Crippen LogP contribution in [0, 0.1) is 0 Å². The van der Waals surface area contributed by atoms with Crippen LogP contribution in [0.5, 0.6) is 0 Å². The van der Waals surface area contributed by atoms with Crippen molar-refractivity contribution in [2.45, 2.75) is 152 Å². The Labute approximate surface area is 706 Å². The molecule has 0 aromatic carbocycles. The van der Waals surface area contributed by atoms with E-state index in [1.807, 2.05) is 0 Å². The summed E-state index contributed by atoms with van der Waals surface area (Å²) in [5.41, 5.74) is 0. The third-order valence-electron chi connectivity index (χ3n) is 18.4. The van der Waals surface area contributed by atoms with Crippen molar-refractivity contribution in [1.82, 2.24) is 0 Å². The second-order valence-corrected chi connectivity index (χ2v) is 57.2. The van der Waals surface area contributed by atoms with Crippen molar-refractivity contribution in [2.75, 3.05) is 337 Å². The third kappa shape index (κ3) is 54.8. The lowest BCUT2D eigenvalue weighted by atomic mass is 10.4. The smallest absolute Gasteiger partial charge is 0.437 e. The molecule has 0 aliphatic carbocycles. The summed E-state index contributed by atoms with van der Waals surface area (Å²) in [6.45, 7) is 40.1. The lowest BCUT2D eigenvalue weighted by molar-refractivity contribution is -0.0883. The van der Waals surface area contributed by atoms with E-state index in [4.69, 9.17) is 162 Å². The zero-order valence-electron chi connectivity index (χ0n) is 73.0. The molecule has 42 heteroatoms. The number of rotatable bonds is 40. The van der Waals surface area contributed by atoms with Crippen molar-refractivity contribution < 1.29 is 162 Å². The normalized spacial score (nSPS) is 26.7. The summed E-state index contributed by atoms with van der Waals surface area (Å²) < 4.78 is 224. The standard InChI is InChI=1S/C75H154O35Si7/c1-111(2,3)109-116(10,110-112(4,5)6)56-57-117(100-14-11-53-113(7,103-64-70-58-88-35-29-76-17-23-82-41-47-94-70)104-65-71-59-89-36-30-77-18-24-83-42-48-95-71,101-15-12-54-114(8,105-66-72-60-90-37-31-78-19-25-84-43-49-96-72)106-67-73-61-91-38-32-79-20-26-85-44-50-97-73)102-16-13-55-115(9,107-68-74-62-92-39-33-80-21-27-86-45-51-98-74)108-69-75-63-93-40-34-81-22-28-87-46-52-99-75/h70-75H,11-69H2,1-10H3. The highest BCUT2D eigenvalue weighted by Crippen LogP contribution is 2.33. The van der Waals surface area contributed by atoms with Gasteiger partial charge in [0.05, 0.1) is 317 Å². The van der Waals surface area contributed by atoms with Gasteiger partial charge in [-0.05, 0) is 109 Å². The largest absolute Gasteiger partial charge is 0.500 e. The van der Waals surface area contributed by atoms with Crippen molar-refractivity contribution in [3.8, 4) is 0 Å². The predicted octanol–water partition coefficient (Wildman–Crippen LogP) is 5.93. The van der Waals surface area contributed by atoms with E-state index >= 15 is 0 Å². The molecule has 0 N–H and O–H groups in total. The summed E-state index contributed by atoms with van der Waals surface area (Å²) in [6, 6.07) is 2.38. The summed E-state index contributed by atoms with van der Waals surface area (Å²) in [6.07, 6.45) is -1.09. The fourth-order valence-electron chi connectivity index (χ4n) is 12.6. The molecule has 0 radical (unpaired) electrons. The van der Waals surface area contributed by atoms with Gasteiger partial charge < -0.3 is 162 Å². The molecule has 0 spiro atoms. The van der Waals surface area contributed by atoms with E-state index in [2.05, 4.69) is 65.5 Å². The van der Waals surface area contributed by atoms with E-state index in [-0.39, 0.29) is 99.1 Å². The van der Waals surface area contributed by atoms with Gasteiger partial charge in [0.2, 0.25) is 0 Å². The van der Waals surface area contributed by atoms with Crippen LogP contribution in [0.4, 0.5) is 0 Å². The van der Waals surface area contributed by atoms with E-state index in [9.17, 15) is 0 Å². The lowest BCUT2D eigenvalue weighted by Crippen LogP contribution is -2.55. The van der Waals surface area contributed by atoms with Gasteiger partial charge in [0.15, 0.2) is 16.6 Å². The van der Waals surface area contributed by atoms with Gasteiger partial charge in [-0.25, -0.2) is 0 Å². The highest BCUT2D eigenvalue weighted by atomic mass is 28.5. The van der Waals surface area contributed by atoms with Crippen LogP contribution in [0.15, 0.2) is 0 Å². The zero-order chi connectivity index (χ0) is 83.4. The number of ether oxygens (including phenoxy) is 24. The molecule has 0 aromatic heterocycles. The molecule has 117 heavy (non-hydrogen) atoms. The predicted molar refractivity (Wildman–Crippen MR) is 446 cm³/mol. The Bertz CT molecular complexity index is 1950. The first kappa shape index (κ1) is 106. The summed E-state index contributed by atoms with van der Waals surface area (Å²) >= 11 is 0. The minimum Gasteiger partial charge on any atom is -0.437 e. The molecule has 0 aromatic rings. The third-order valence-corrected chi connectivity index (χ3v) is 39.7. The molecule has 692 valence electrons. The maximum atomic E-state index is 7.53. The fraction of sp³-hybridized carbons (Fsp3) is 1.00. The Balaban J connectivity index is 1.36. The molecule has 6 fully saturated rings. The maximum absolute atomic E-state index is 7.53. The Morgan fingerprint density at radius 3 is 0.538 bits per heavy atom. The topological polar surface area (TPSA) is 323 Å². The highest BCUT2D eigenvalue weighted by Gasteiger charge is 2.49. The van der Waals surface area contributed by atoms with Gasteiger partial charge in [-0.1, -0.05) is 0 Å². The average molecular weight is 1810 g/mol. The molecule has 0 bridgehead atoms. The molecule has 6 rings (SSSR count). The molecule has 6 unspecified atom stereocenters. The Hall–Kier alpha value is 0.118. The van der Waals surface area contributed by atoms with Gasteiger partial charge in [0, 0.05) is 25.9 Å². The summed E-state index contributed by atoms with van der Waals surface area (Å²) in [5.74, 6) is 0. The van der Waals surface area contributed by atoms with Crippen LogP contribution in [0.2, 0.25) is 95.7 Å². The van der Waals surface area contributed by atoms with E-state index in [1.165, 1.54) is 0 Å². The maximum Gasteiger partial charge on any atom is 0.500 e. The van der Waals surface area contributed by atoms with E-state index in [0.29, 0.717) is 287 Å². The van der Waals surface area contributed by atoms with Crippen LogP contribution in [-0.2, 0) is 162 Å². The van der Waals surface area contributed by atoms with Gasteiger partial charge in [-0.15, -0.1) is 0 Å². The Morgan fingerprint density at radius 1 is 0.188 bits per heavy atom. The second kappa shape index (κ2) is 64.8. The van der Waals surface area contributed by atoms with Gasteiger partial charge in [0.1, 0.15) is 36.6 Å². The molecular weight excluding hydrogens is 1660 g/mol. The van der Waals surface area contributed by atoms with Crippen molar-refractivity contribution >= 4 is 59.7 Å². The van der Waals surface area contributed by atoms with Gasteiger partial charge in [0.25, 0.3) is 0 Å². The van der Waals surface area contributed by atoms with Crippen LogP contribution < -0.4 is 0 Å². The van der Waals surface area contributed by atoms with Crippen molar-refractivity contribution in [1.29, 1.82) is 0 Å². The van der Waals surface area contributed by atoms with E-state index in [1.54, 1.807) is 0 Å². The van der Waals surface area contributed by atoms with Crippen LogP contribution >= 0.6 is 0 Å². The van der Waals surface area contributed by atoms with Crippen LogP contribution in [0.3, 0.4) is 0 Å². The van der Waals surface area contributed by atoms with Crippen LogP contribution in [0.25, 0.3) is 0 Å². The molecule has 0 amide bonds. The SMILES string of the molecule is C[Si](C)(C)O[Si](C)(CC[Si](OCCC[Si](C)(OCC1COCCOCCOCCO1)OCC1COCCOCCOCCO1)(OCCC[Si](C)(OCC1COCCOCCOCCO1)OCC1COCCOCCOCCO1)OCCC[Si](C)(OCC1COCCOCCOCCO1)OCC1COCCOCCOCCO1)O[Si](C)(C)C. The minimum absolute atomic E-state index is 0.195. The molecule has 6 aliphatic heterocycles. The average Bonchev–Trinajstić information content (AvgIpc) is 0.816. The highest BCUT2D eigenvalue weighted by molar-refractivity contribution is 6.88. The molecular formula is C75H154O35Si7. The monoisotopic (exact) mass is 1810 g/mol. The molecule has 6 aliphatic rings. The molecule has 0 saturated carbocycles. The Kier molecular flexibility index (Phi) is 58.6. The van der Waals surface area contributed by atoms with Gasteiger partial charge in [-0.3, -0.25) is 0 Å². The lowest BCUT2D eigenvalue weighted by Gasteiger charge is -2.40. The van der Waals surface area contributed by atoms with Crippen molar-refractivity contribution in [3.05, 3.63) is 0 Å². The summed E-state index contributed by atoms with van der Waals surface area (Å²) in [7, 11) is -21.1. The first-order valence-corrected chi connectivity index (χ1v) is 61.8. The molecule has 35 nitrogen and oxygen atoms in total. The quantitative estimate of drug-likeness (QED) is 0.0507. The van der Waals surface area contributed by atoms with Crippen molar-refractivity contribution in [3.63, 3.8) is 0 Å². The number of hydrogen-bond acceptors (Lipinski definition) is 35. The molecule has 6 saturated heterocycles. The van der Waals surface area contributed by atoms with Gasteiger partial charge in [-0.2, -0.15) is 0 Å². The summed E-state index contributed by atoms with van der Waals surface area (Å²) in [4.78, 5) is 0. The van der Waals surface area contributed by atoms with Crippen LogP contribution in [0.1, 0.15) is 19.3 Å². The van der Waals surface area contributed by atoms with E-state index in [0.717, 1.165) is 0 Å². The van der Waals surface area contributed by atoms with E-state index < -0.39 is 96.3 Å². The van der Waals surface area contributed by atoms with Gasteiger partial charge >= 0.3 is 43.0 Å². The molecule has 6 heterocycles. The zero-order valence-corrected chi connectivity index (χ0v) is 80.0. The van der Waals surface area contributed by atoms with Crippen molar-refractivity contribution in [2.24, 2.45) is 0 Å². The minimum atomic E-state index is -3.92. The number of hydrogen-bond donors (Lipinski definition) is 0. The van der Waals surface area contributed by atoms with Crippen LogP contribution in [-0.4, -0.2) is 433 Å². The molecule has 6 atom stereocenters. The Morgan fingerprint density at radius 2 is 0.359 bits per heavy atom. The first-order chi connectivity index (χ1) is 56.7. The fourth-order valence-corrected chi connectivity index (χ4v) is 36.1.